The summed E-state index contributed by atoms with van der Waals surface area (Å²) >= 11 is 0. The average molecular weight is 494 g/mol. The topological polar surface area (TPSA) is 105 Å². The summed E-state index contributed by atoms with van der Waals surface area (Å²) < 4.78 is 68.6. The van der Waals surface area contributed by atoms with Crippen LogP contribution in [0.5, 0.6) is 0 Å². The van der Waals surface area contributed by atoms with Gasteiger partial charge in [-0.25, -0.2) is 17.9 Å². The first kappa shape index (κ1) is 23.7. The number of carboxylic acid groups (broad SMARTS) is 1. The number of anilines is 1. The number of aromatic nitrogens is 3. The van der Waals surface area contributed by atoms with Crippen molar-refractivity contribution in [1.29, 1.82) is 0 Å². The van der Waals surface area contributed by atoms with Gasteiger partial charge < -0.3 is 10.0 Å². The molecule has 1 aromatic carbocycles. The minimum Gasteiger partial charge on any atom is -0.480 e. The van der Waals surface area contributed by atoms with E-state index in [-0.39, 0.29) is 13.0 Å². The molecule has 1 aliphatic rings. The average Bonchev–Trinajstić information content (AvgIpc) is 3.37. The first-order chi connectivity index (χ1) is 15.9. The molecule has 3 heterocycles. The van der Waals surface area contributed by atoms with Gasteiger partial charge in [-0.3, -0.25) is 4.98 Å². The first-order valence-electron chi connectivity index (χ1n) is 10.3. The molecule has 1 aliphatic heterocycles. The van der Waals surface area contributed by atoms with E-state index in [1.807, 2.05) is 0 Å². The molecule has 180 valence electrons. The number of sulfone groups is 1. The maximum absolute atomic E-state index is 13.5. The van der Waals surface area contributed by atoms with E-state index >= 15 is 0 Å². The summed E-state index contributed by atoms with van der Waals surface area (Å²) in [5, 5.41) is 12.9. The monoisotopic (exact) mass is 494 g/mol. The van der Waals surface area contributed by atoms with E-state index in [0.29, 0.717) is 29.0 Å². The van der Waals surface area contributed by atoms with Gasteiger partial charge in [-0.2, -0.15) is 18.3 Å². The van der Waals surface area contributed by atoms with Crippen LogP contribution in [0.2, 0.25) is 0 Å². The largest absolute Gasteiger partial charge is 0.480 e. The van der Waals surface area contributed by atoms with Crippen LogP contribution >= 0.6 is 0 Å². The number of halogens is 3. The Kier molecular flexibility index (Phi) is 5.88. The van der Waals surface area contributed by atoms with Crippen molar-refractivity contribution in [3.05, 3.63) is 65.6 Å². The lowest BCUT2D eigenvalue weighted by Crippen LogP contribution is -2.37. The van der Waals surface area contributed by atoms with E-state index in [9.17, 15) is 31.5 Å². The number of rotatable bonds is 5. The second kappa shape index (κ2) is 8.42. The SMILES string of the molecule is Cc1cc(-n2nc(C)cc2N2C[C@H](S(=O)(=O)c3ccccc3C(F)(F)F)C[C@H]2C(=O)O)ccn1. The van der Waals surface area contributed by atoms with Crippen LogP contribution in [0.3, 0.4) is 0 Å². The lowest BCUT2D eigenvalue weighted by atomic mass is 10.2. The van der Waals surface area contributed by atoms with Crippen molar-refractivity contribution in [3.63, 3.8) is 0 Å². The van der Waals surface area contributed by atoms with Gasteiger partial charge in [0.25, 0.3) is 0 Å². The van der Waals surface area contributed by atoms with Gasteiger partial charge in [0.1, 0.15) is 11.9 Å². The normalized spacial score (nSPS) is 18.9. The van der Waals surface area contributed by atoms with Crippen LogP contribution in [0.4, 0.5) is 19.0 Å². The maximum Gasteiger partial charge on any atom is 0.417 e. The van der Waals surface area contributed by atoms with Crippen LogP contribution in [0, 0.1) is 13.8 Å². The first-order valence-corrected chi connectivity index (χ1v) is 11.8. The van der Waals surface area contributed by atoms with Crippen molar-refractivity contribution >= 4 is 21.6 Å². The quantitative estimate of drug-likeness (QED) is 0.580. The number of nitrogens with zero attached hydrogens (tertiary/aromatic N) is 4. The molecule has 0 unspecified atom stereocenters. The minimum absolute atomic E-state index is 0.305. The Morgan fingerprint density at radius 2 is 1.82 bits per heavy atom. The molecule has 12 heteroatoms. The van der Waals surface area contributed by atoms with Gasteiger partial charge >= 0.3 is 12.1 Å². The van der Waals surface area contributed by atoms with Crippen molar-refractivity contribution < 1.29 is 31.5 Å². The Labute approximate surface area is 193 Å². The number of aliphatic carboxylic acids is 1. The maximum atomic E-state index is 13.5. The number of carboxylic acids is 1. The van der Waals surface area contributed by atoms with E-state index in [1.165, 1.54) is 15.6 Å². The number of carbonyl (C=O) groups is 1. The van der Waals surface area contributed by atoms with Crippen molar-refractivity contribution in [2.24, 2.45) is 0 Å². The highest BCUT2D eigenvalue weighted by Gasteiger charge is 2.47. The third-order valence-electron chi connectivity index (χ3n) is 5.72. The summed E-state index contributed by atoms with van der Waals surface area (Å²) in [7, 11) is -4.50. The Hall–Kier alpha value is -3.41. The standard InChI is InChI=1S/C22H21F3N4O4S/c1-13-9-15(7-8-26-13)29-20(10-14(2)27-29)28-12-16(11-18(28)21(30)31)34(32,33)19-6-4-3-5-17(19)22(23,24)25/h3-10,16,18H,11-12H2,1-2H3,(H,30,31)/t16-,18+/m1/s1. The van der Waals surface area contributed by atoms with Crippen molar-refractivity contribution in [1.82, 2.24) is 14.8 Å². The number of alkyl halides is 3. The Balaban J connectivity index is 1.77. The van der Waals surface area contributed by atoms with Gasteiger partial charge in [-0.15, -0.1) is 0 Å². The molecule has 34 heavy (non-hydrogen) atoms. The number of pyridine rings is 1. The molecule has 0 saturated carbocycles. The molecule has 0 aliphatic carbocycles. The highest BCUT2D eigenvalue weighted by atomic mass is 32.2. The Morgan fingerprint density at radius 3 is 2.47 bits per heavy atom. The molecular weight excluding hydrogens is 473 g/mol. The molecule has 1 saturated heterocycles. The lowest BCUT2D eigenvalue weighted by Gasteiger charge is -2.24. The van der Waals surface area contributed by atoms with Gasteiger partial charge in [0, 0.05) is 24.5 Å². The fourth-order valence-corrected chi connectivity index (χ4v) is 6.09. The zero-order valence-electron chi connectivity index (χ0n) is 18.2. The number of hydrogen-bond donors (Lipinski definition) is 1. The molecule has 0 amide bonds. The van der Waals surface area contributed by atoms with Gasteiger partial charge in [-0.05, 0) is 44.5 Å². The molecule has 1 N–H and O–H groups in total. The summed E-state index contributed by atoms with van der Waals surface area (Å²) in [4.78, 5) is 16.7. The number of aryl methyl sites for hydroxylation is 2. The summed E-state index contributed by atoms with van der Waals surface area (Å²) in [6.45, 7) is 3.17. The van der Waals surface area contributed by atoms with Crippen molar-refractivity contribution in [2.45, 2.75) is 42.6 Å². The predicted molar refractivity (Wildman–Crippen MR) is 117 cm³/mol. The summed E-state index contributed by atoms with van der Waals surface area (Å²) in [6.07, 6.45) is -3.68. The summed E-state index contributed by atoms with van der Waals surface area (Å²) in [5.41, 5.74) is 0.571. The van der Waals surface area contributed by atoms with Crippen LogP contribution < -0.4 is 4.90 Å². The molecule has 0 bridgehead atoms. The van der Waals surface area contributed by atoms with Crippen LogP contribution in [0.1, 0.15) is 23.4 Å². The lowest BCUT2D eigenvalue weighted by molar-refractivity contribution is -0.140. The molecule has 0 spiro atoms. The molecular formula is C22H21F3N4O4S. The molecule has 1 fully saturated rings. The van der Waals surface area contributed by atoms with Crippen LogP contribution in [0.15, 0.2) is 53.6 Å². The summed E-state index contributed by atoms with van der Waals surface area (Å²) in [6, 6.07) is 7.69. The van der Waals surface area contributed by atoms with Crippen molar-refractivity contribution in [2.75, 3.05) is 11.4 Å². The van der Waals surface area contributed by atoms with Crippen molar-refractivity contribution in [3.8, 4) is 5.69 Å². The number of benzene rings is 1. The third-order valence-corrected chi connectivity index (χ3v) is 7.91. The third kappa shape index (κ3) is 4.25. The second-order valence-electron chi connectivity index (χ2n) is 8.11. The van der Waals surface area contributed by atoms with Crippen LogP contribution in [-0.4, -0.2) is 52.1 Å². The predicted octanol–water partition coefficient (Wildman–Crippen LogP) is 3.41. The molecule has 4 rings (SSSR count). The van der Waals surface area contributed by atoms with Gasteiger partial charge in [0.2, 0.25) is 0 Å². The summed E-state index contributed by atoms with van der Waals surface area (Å²) in [5.74, 6) is -0.949. The van der Waals surface area contributed by atoms with Gasteiger partial charge in [-0.1, -0.05) is 12.1 Å². The molecule has 0 radical (unpaired) electrons. The Morgan fingerprint density at radius 1 is 1.12 bits per heavy atom. The van der Waals surface area contributed by atoms with E-state index in [0.717, 1.165) is 12.1 Å². The number of hydrogen-bond acceptors (Lipinski definition) is 6. The zero-order valence-corrected chi connectivity index (χ0v) is 19.0. The smallest absolute Gasteiger partial charge is 0.417 e. The van der Waals surface area contributed by atoms with Gasteiger partial charge in [0.05, 0.1) is 27.1 Å². The second-order valence-corrected chi connectivity index (χ2v) is 10.3. The van der Waals surface area contributed by atoms with Crippen LogP contribution in [-0.2, 0) is 20.8 Å². The Bertz CT molecular complexity index is 1350. The molecule has 2 aromatic heterocycles. The van der Waals surface area contributed by atoms with E-state index in [2.05, 4.69) is 10.1 Å². The fourth-order valence-electron chi connectivity index (χ4n) is 4.18. The highest BCUT2D eigenvalue weighted by Crippen LogP contribution is 2.39. The van der Waals surface area contributed by atoms with Crippen LogP contribution in [0.25, 0.3) is 5.69 Å². The van der Waals surface area contributed by atoms with E-state index in [1.54, 1.807) is 38.2 Å². The highest BCUT2D eigenvalue weighted by molar-refractivity contribution is 7.92. The van der Waals surface area contributed by atoms with Gasteiger partial charge in [0.15, 0.2) is 9.84 Å². The fraction of sp³-hybridized carbons (Fsp3) is 0.318. The zero-order chi connectivity index (χ0) is 24.8. The molecule has 8 nitrogen and oxygen atoms in total. The molecule has 2 atom stereocenters. The van der Waals surface area contributed by atoms with E-state index in [4.69, 9.17) is 0 Å². The molecule has 3 aromatic rings. The minimum atomic E-state index is -4.87. The van der Waals surface area contributed by atoms with E-state index < -0.39 is 43.7 Å².